The number of fused-ring (bicyclic) bond motifs is 1. The lowest BCUT2D eigenvalue weighted by Gasteiger charge is -2.11. The van der Waals surface area contributed by atoms with Gasteiger partial charge in [-0.05, 0) is 54.8 Å². The Morgan fingerprint density at radius 3 is 2.47 bits per heavy atom. The quantitative estimate of drug-likeness (QED) is 0.285. The molecule has 32 heavy (non-hydrogen) atoms. The third kappa shape index (κ3) is 5.50. The summed E-state index contributed by atoms with van der Waals surface area (Å²) in [6.45, 7) is 1.37. The summed E-state index contributed by atoms with van der Waals surface area (Å²) in [5.41, 5.74) is 3.90. The maximum atomic E-state index is 12.1. The fraction of sp³-hybridized carbons (Fsp3) is 0.231. The van der Waals surface area contributed by atoms with Crippen LogP contribution in [0.3, 0.4) is 0 Å². The van der Waals surface area contributed by atoms with Crippen molar-refractivity contribution in [3.05, 3.63) is 99.8 Å². The number of unbranched alkanes of at least 4 members (excludes halogenated alkanes) is 2. The maximum Gasteiger partial charge on any atom is 0.251 e. The molecule has 1 N–H and O–H groups in total. The molecule has 164 valence electrons. The van der Waals surface area contributed by atoms with Crippen molar-refractivity contribution in [3.8, 4) is 0 Å². The van der Waals surface area contributed by atoms with Crippen molar-refractivity contribution in [3.63, 3.8) is 0 Å². The van der Waals surface area contributed by atoms with Crippen molar-refractivity contribution in [1.29, 1.82) is 0 Å². The van der Waals surface area contributed by atoms with Gasteiger partial charge in [-0.3, -0.25) is 4.79 Å². The summed E-state index contributed by atoms with van der Waals surface area (Å²) in [7, 11) is 0. The third-order valence-electron chi connectivity index (χ3n) is 5.46. The van der Waals surface area contributed by atoms with E-state index >= 15 is 0 Å². The van der Waals surface area contributed by atoms with Gasteiger partial charge in [-0.1, -0.05) is 66.0 Å². The predicted molar refractivity (Wildman–Crippen MR) is 132 cm³/mol. The molecule has 0 aliphatic heterocycles. The largest absolute Gasteiger partial charge is 0.352 e. The summed E-state index contributed by atoms with van der Waals surface area (Å²) in [4.78, 5) is 17.0. The molecule has 1 aromatic heterocycles. The molecule has 4 aromatic rings. The zero-order chi connectivity index (χ0) is 22.3. The van der Waals surface area contributed by atoms with Crippen molar-refractivity contribution in [2.45, 2.75) is 32.2 Å². The molecule has 0 radical (unpaired) electrons. The second-order valence-electron chi connectivity index (χ2n) is 7.78. The SMILES string of the molecule is O=C(NCCCCCc1nc2ccccc2n1Cc1ccc(Cl)c(Cl)c1)c1ccccc1. The summed E-state index contributed by atoms with van der Waals surface area (Å²) in [6.07, 6.45) is 3.84. The van der Waals surface area contributed by atoms with Gasteiger partial charge in [-0.25, -0.2) is 4.98 Å². The second kappa shape index (κ2) is 10.7. The van der Waals surface area contributed by atoms with Gasteiger partial charge in [-0.2, -0.15) is 0 Å². The van der Waals surface area contributed by atoms with Crippen LogP contribution in [0.25, 0.3) is 11.0 Å². The lowest BCUT2D eigenvalue weighted by atomic mass is 10.1. The highest BCUT2D eigenvalue weighted by atomic mass is 35.5. The molecular weight excluding hydrogens is 441 g/mol. The van der Waals surface area contributed by atoms with E-state index in [2.05, 4.69) is 16.0 Å². The number of nitrogens with one attached hydrogen (secondary N) is 1. The van der Waals surface area contributed by atoms with Crippen molar-refractivity contribution < 1.29 is 4.79 Å². The first-order chi connectivity index (χ1) is 15.6. The minimum Gasteiger partial charge on any atom is -0.352 e. The van der Waals surface area contributed by atoms with Crippen molar-refractivity contribution in [1.82, 2.24) is 14.9 Å². The standard InChI is InChI=1S/C26H25Cl2N3O/c27-21-15-14-19(17-22(21)28)18-31-24-12-7-6-11-23(24)30-25(31)13-5-2-8-16-29-26(32)20-9-3-1-4-10-20/h1,3-4,6-7,9-12,14-15,17H,2,5,8,13,16,18H2,(H,29,32). The molecule has 0 fully saturated rings. The molecule has 6 heteroatoms. The van der Waals surface area contributed by atoms with Crippen LogP contribution in [0.2, 0.25) is 10.0 Å². The molecule has 3 aromatic carbocycles. The average molecular weight is 466 g/mol. The van der Waals surface area contributed by atoms with Gasteiger partial charge in [0, 0.05) is 25.1 Å². The van der Waals surface area contributed by atoms with Gasteiger partial charge in [0.15, 0.2) is 0 Å². The van der Waals surface area contributed by atoms with E-state index in [4.69, 9.17) is 28.2 Å². The Bertz CT molecular complexity index is 1200. The van der Waals surface area contributed by atoms with Crippen molar-refractivity contribution in [2.75, 3.05) is 6.54 Å². The number of aryl methyl sites for hydroxylation is 1. The zero-order valence-electron chi connectivity index (χ0n) is 17.7. The van der Waals surface area contributed by atoms with Crippen LogP contribution in [-0.4, -0.2) is 22.0 Å². The van der Waals surface area contributed by atoms with Crippen LogP contribution in [0.1, 0.15) is 41.0 Å². The van der Waals surface area contributed by atoms with E-state index in [1.807, 2.05) is 66.7 Å². The Morgan fingerprint density at radius 1 is 0.875 bits per heavy atom. The van der Waals surface area contributed by atoms with E-state index in [0.29, 0.717) is 28.7 Å². The van der Waals surface area contributed by atoms with Gasteiger partial charge < -0.3 is 9.88 Å². The molecule has 0 bridgehead atoms. The number of carbonyl (C=O) groups is 1. The normalized spacial score (nSPS) is 11.1. The molecule has 0 atom stereocenters. The lowest BCUT2D eigenvalue weighted by molar-refractivity contribution is 0.0953. The number of carbonyl (C=O) groups excluding carboxylic acids is 1. The van der Waals surface area contributed by atoms with Crippen LogP contribution < -0.4 is 5.32 Å². The molecule has 0 aliphatic carbocycles. The summed E-state index contributed by atoms with van der Waals surface area (Å²) in [5.74, 6) is 1.04. The Hall–Kier alpha value is -2.82. The number of imidazole rings is 1. The van der Waals surface area contributed by atoms with Crippen molar-refractivity contribution >= 4 is 40.1 Å². The highest BCUT2D eigenvalue weighted by Crippen LogP contribution is 2.25. The van der Waals surface area contributed by atoms with Crippen LogP contribution in [-0.2, 0) is 13.0 Å². The van der Waals surface area contributed by atoms with E-state index in [-0.39, 0.29) is 5.91 Å². The molecule has 1 amide bonds. The first-order valence-electron chi connectivity index (χ1n) is 10.8. The minimum atomic E-state index is -0.0194. The number of hydrogen-bond donors (Lipinski definition) is 1. The number of rotatable bonds is 9. The van der Waals surface area contributed by atoms with Crippen LogP contribution in [0.5, 0.6) is 0 Å². The van der Waals surface area contributed by atoms with Gasteiger partial charge in [0.1, 0.15) is 5.82 Å². The number of nitrogens with zero attached hydrogens (tertiary/aromatic N) is 2. The van der Waals surface area contributed by atoms with Gasteiger partial charge in [0.2, 0.25) is 0 Å². The van der Waals surface area contributed by atoms with Crippen molar-refractivity contribution in [2.24, 2.45) is 0 Å². The number of halogens is 2. The highest BCUT2D eigenvalue weighted by Gasteiger charge is 2.12. The highest BCUT2D eigenvalue weighted by molar-refractivity contribution is 6.42. The van der Waals surface area contributed by atoms with E-state index in [9.17, 15) is 4.79 Å². The third-order valence-corrected chi connectivity index (χ3v) is 6.20. The lowest BCUT2D eigenvalue weighted by Crippen LogP contribution is -2.24. The van der Waals surface area contributed by atoms with Gasteiger partial charge in [0.05, 0.1) is 21.1 Å². The average Bonchev–Trinajstić information content (AvgIpc) is 3.16. The van der Waals surface area contributed by atoms with Gasteiger partial charge >= 0.3 is 0 Å². The fourth-order valence-corrected chi connectivity index (χ4v) is 4.11. The smallest absolute Gasteiger partial charge is 0.251 e. The fourth-order valence-electron chi connectivity index (χ4n) is 3.79. The number of amides is 1. The number of para-hydroxylation sites is 2. The Morgan fingerprint density at radius 2 is 1.66 bits per heavy atom. The summed E-state index contributed by atoms with van der Waals surface area (Å²) >= 11 is 12.3. The van der Waals surface area contributed by atoms with E-state index in [1.165, 1.54) is 0 Å². The summed E-state index contributed by atoms with van der Waals surface area (Å²) in [6, 6.07) is 23.3. The zero-order valence-corrected chi connectivity index (χ0v) is 19.2. The first-order valence-corrected chi connectivity index (χ1v) is 11.6. The van der Waals surface area contributed by atoms with Gasteiger partial charge in [-0.15, -0.1) is 0 Å². The molecule has 0 saturated carbocycles. The number of hydrogen-bond acceptors (Lipinski definition) is 2. The molecule has 0 aliphatic rings. The molecule has 1 heterocycles. The molecular formula is C26H25Cl2N3O. The van der Waals surface area contributed by atoms with Crippen LogP contribution in [0, 0.1) is 0 Å². The minimum absolute atomic E-state index is 0.0194. The van der Waals surface area contributed by atoms with E-state index < -0.39 is 0 Å². The van der Waals surface area contributed by atoms with Gasteiger partial charge in [0.25, 0.3) is 5.91 Å². The molecule has 4 rings (SSSR count). The predicted octanol–water partition coefficient (Wildman–Crippen LogP) is 6.53. The maximum absolute atomic E-state index is 12.1. The van der Waals surface area contributed by atoms with E-state index in [1.54, 1.807) is 0 Å². The summed E-state index contributed by atoms with van der Waals surface area (Å²) < 4.78 is 2.26. The van der Waals surface area contributed by atoms with Crippen LogP contribution >= 0.6 is 23.2 Å². The monoisotopic (exact) mass is 465 g/mol. The second-order valence-corrected chi connectivity index (χ2v) is 8.60. The Labute approximate surface area is 198 Å². The summed E-state index contributed by atoms with van der Waals surface area (Å²) in [5, 5.41) is 4.11. The van der Waals surface area contributed by atoms with Crippen LogP contribution in [0.4, 0.5) is 0 Å². The number of aromatic nitrogens is 2. The van der Waals surface area contributed by atoms with E-state index in [0.717, 1.165) is 48.1 Å². The number of benzene rings is 3. The Balaban J connectivity index is 1.35. The topological polar surface area (TPSA) is 46.9 Å². The Kier molecular flexibility index (Phi) is 7.46. The van der Waals surface area contributed by atoms with Crippen LogP contribution in [0.15, 0.2) is 72.8 Å². The molecule has 0 spiro atoms. The molecule has 0 unspecified atom stereocenters. The molecule has 4 nitrogen and oxygen atoms in total. The first kappa shape index (κ1) is 22.4. The molecule has 0 saturated heterocycles.